The molecule has 5 nitrogen and oxygen atoms in total. The van der Waals surface area contributed by atoms with Crippen LogP contribution in [0.4, 0.5) is 0 Å². The molecular formula is C18H20BrNO4S. The summed E-state index contributed by atoms with van der Waals surface area (Å²) in [6.45, 7) is 1.99. The molecule has 0 fully saturated rings. The number of halogens is 1. The number of sulfone groups is 1. The zero-order valence-electron chi connectivity index (χ0n) is 13.9. The Balaban J connectivity index is 2.00. The second-order valence-corrected chi connectivity index (χ2v) is 8.80. The summed E-state index contributed by atoms with van der Waals surface area (Å²) in [6, 6.07) is 14.6. The maximum absolute atomic E-state index is 12.3. The summed E-state index contributed by atoms with van der Waals surface area (Å²) in [7, 11) is -3.11. The molecule has 0 aliphatic rings. The number of hydrogen-bond acceptors (Lipinski definition) is 4. The highest BCUT2D eigenvalue weighted by Crippen LogP contribution is 2.20. The highest BCUT2D eigenvalue weighted by molar-refractivity contribution is 9.10. The highest BCUT2D eigenvalue weighted by Gasteiger charge is 2.13. The van der Waals surface area contributed by atoms with Crippen LogP contribution in [0.5, 0.6) is 5.75 Å². The minimum absolute atomic E-state index is 0.0647. The van der Waals surface area contributed by atoms with Gasteiger partial charge in [-0.15, -0.1) is 0 Å². The van der Waals surface area contributed by atoms with E-state index in [1.165, 1.54) is 0 Å². The molecule has 0 aromatic heterocycles. The van der Waals surface area contributed by atoms with E-state index in [4.69, 9.17) is 4.74 Å². The van der Waals surface area contributed by atoms with Crippen molar-refractivity contribution in [2.24, 2.45) is 0 Å². The average molecular weight is 426 g/mol. The van der Waals surface area contributed by atoms with Crippen molar-refractivity contribution in [1.29, 1.82) is 0 Å². The quantitative estimate of drug-likeness (QED) is 0.704. The van der Waals surface area contributed by atoms with Crippen molar-refractivity contribution in [3.63, 3.8) is 0 Å². The molecule has 0 saturated carbocycles. The molecule has 7 heteroatoms. The van der Waals surface area contributed by atoms with Crippen LogP contribution in [0.1, 0.15) is 22.8 Å². The van der Waals surface area contributed by atoms with Crippen molar-refractivity contribution < 1.29 is 17.9 Å². The Bertz CT molecular complexity index is 836. The van der Waals surface area contributed by atoms with Gasteiger partial charge in [0.25, 0.3) is 5.91 Å². The van der Waals surface area contributed by atoms with Crippen LogP contribution in [-0.2, 0) is 16.4 Å². The van der Waals surface area contributed by atoms with E-state index >= 15 is 0 Å². The van der Waals surface area contributed by atoms with Crippen molar-refractivity contribution in [1.82, 2.24) is 5.32 Å². The fraction of sp³-hybridized carbons (Fsp3) is 0.278. The molecule has 2 aromatic carbocycles. The maximum atomic E-state index is 12.3. The van der Waals surface area contributed by atoms with E-state index in [2.05, 4.69) is 21.2 Å². The van der Waals surface area contributed by atoms with E-state index in [-0.39, 0.29) is 24.0 Å². The molecule has 2 rings (SSSR count). The van der Waals surface area contributed by atoms with Crippen molar-refractivity contribution >= 4 is 31.7 Å². The normalized spacial score (nSPS) is 11.1. The summed E-state index contributed by atoms with van der Waals surface area (Å²) in [5, 5.41) is 2.63. The monoisotopic (exact) mass is 425 g/mol. The number of nitrogens with one attached hydrogen (secondary N) is 1. The Morgan fingerprint density at radius 2 is 1.92 bits per heavy atom. The van der Waals surface area contributed by atoms with Crippen LogP contribution in [0, 0.1) is 0 Å². The molecule has 2 aromatic rings. The lowest BCUT2D eigenvalue weighted by Gasteiger charge is -2.12. The molecule has 1 amide bonds. The van der Waals surface area contributed by atoms with Crippen LogP contribution < -0.4 is 10.1 Å². The number of carbonyl (C=O) groups excluding carboxylic acids is 1. The van der Waals surface area contributed by atoms with E-state index in [0.29, 0.717) is 17.9 Å². The van der Waals surface area contributed by atoms with Gasteiger partial charge in [0.15, 0.2) is 9.84 Å². The van der Waals surface area contributed by atoms with E-state index < -0.39 is 9.84 Å². The van der Waals surface area contributed by atoms with Crippen LogP contribution in [0.15, 0.2) is 53.0 Å². The third-order valence-electron chi connectivity index (χ3n) is 3.55. The fourth-order valence-electron chi connectivity index (χ4n) is 2.13. The molecule has 0 spiro atoms. The smallest absolute Gasteiger partial charge is 0.255 e. The highest BCUT2D eigenvalue weighted by atomic mass is 79.9. The SMILES string of the molecule is CCS(=O)(=O)CCNC(=O)c1ccccc1OCc1cccc(Br)c1. The van der Waals surface area contributed by atoms with Crippen LogP contribution in [-0.4, -0.2) is 32.4 Å². The minimum Gasteiger partial charge on any atom is -0.488 e. The third-order valence-corrected chi connectivity index (χ3v) is 5.75. The lowest BCUT2D eigenvalue weighted by molar-refractivity contribution is 0.0951. The first-order valence-electron chi connectivity index (χ1n) is 7.86. The summed E-state index contributed by atoms with van der Waals surface area (Å²) in [5.41, 5.74) is 1.35. The standard InChI is InChI=1S/C18H20BrNO4S/c1-2-25(22,23)11-10-20-18(21)16-8-3-4-9-17(16)24-13-14-6-5-7-15(19)12-14/h3-9,12H,2,10-11,13H2,1H3,(H,20,21). The maximum Gasteiger partial charge on any atom is 0.255 e. The topological polar surface area (TPSA) is 72.5 Å². The molecule has 0 atom stereocenters. The van der Waals surface area contributed by atoms with Crippen LogP contribution >= 0.6 is 15.9 Å². The van der Waals surface area contributed by atoms with Gasteiger partial charge in [-0.25, -0.2) is 8.42 Å². The summed E-state index contributed by atoms with van der Waals surface area (Å²) >= 11 is 3.41. The second kappa shape index (κ2) is 9.01. The molecule has 0 unspecified atom stereocenters. The van der Waals surface area contributed by atoms with E-state index in [1.54, 1.807) is 31.2 Å². The number of rotatable bonds is 8. The predicted molar refractivity (Wildman–Crippen MR) is 102 cm³/mol. The first kappa shape index (κ1) is 19.5. The Kier molecular flexibility index (Phi) is 7.01. The van der Waals surface area contributed by atoms with Crippen molar-refractivity contribution in [2.45, 2.75) is 13.5 Å². The molecule has 0 aliphatic heterocycles. The average Bonchev–Trinajstić information content (AvgIpc) is 2.60. The van der Waals surface area contributed by atoms with Gasteiger partial charge in [-0.2, -0.15) is 0 Å². The summed E-state index contributed by atoms with van der Waals surface area (Å²) in [5.74, 6) is 0.0976. The molecule has 134 valence electrons. The van der Waals surface area contributed by atoms with E-state index in [1.807, 2.05) is 24.3 Å². The number of para-hydroxylation sites is 1. The Morgan fingerprint density at radius 1 is 1.16 bits per heavy atom. The van der Waals surface area contributed by atoms with E-state index in [9.17, 15) is 13.2 Å². The van der Waals surface area contributed by atoms with E-state index in [0.717, 1.165) is 10.0 Å². The van der Waals surface area contributed by atoms with Gasteiger partial charge >= 0.3 is 0 Å². The third kappa shape index (κ3) is 6.17. The van der Waals surface area contributed by atoms with Gasteiger partial charge in [-0.3, -0.25) is 4.79 Å². The number of benzene rings is 2. The first-order chi connectivity index (χ1) is 11.9. The van der Waals surface area contributed by atoms with Gasteiger partial charge in [0.2, 0.25) is 0 Å². The second-order valence-electron chi connectivity index (χ2n) is 5.41. The Morgan fingerprint density at radius 3 is 2.64 bits per heavy atom. The lowest BCUT2D eigenvalue weighted by atomic mass is 10.2. The molecule has 1 N–H and O–H groups in total. The zero-order chi connectivity index (χ0) is 18.3. The number of hydrogen-bond donors (Lipinski definition) is 1. The zero-order valence-corrected chi connectivity index (χ0v) is 16.3. The van der Waals surface area contributed by atoms with Crippen LogP contribution in [0.3, 0.4) is 0 Å². The molecule has 25 heavy (non-hydrogen) atoms. The number of amides is 1. The largest absolute Gasteiger partial charge is 0.488 e. The van der Waals surface area contributed by atoms with Gasteiger partial charge < -0.3 is 10.1 Å². The Labute approximate surface area is 156 Å². The minimum atomic E-state index is -3.11. The van der Waals surface area contributed by atoms with Crippen LogP contribution in [0.2, 0.25) is 0 Å². The Hall–Kier alpha value is -1.86. The van der Waals surface area contributed by atoms with Crippen molar-refractivity contribution in [2.75, 3.05) is 18.1 Å². The summed E-state index contributed by atoms with van der Waals surface area (Å²) in [6.07, 6.45) is 0. The van der Waals surface area contributed by atoms with Gasteiger partial charge in [-0.1, -0.05) is 47.1 Å². The van der Waals surface area contributed by atoms with Crippen molar-refractivity contribution in [3.8, 4) is 5.75 Å². The first-order valence-corrected chi connectivity index (χ1v) is 10.5. The van der Waals surface area contributed by atoms with Crippen molar-refractivity contribution in [3.05, 3.63) is 64.1 Å². The van der Waals surface area contributed by atoms with Gasteiger partial charge in [0, 0.05) is 16.8 Å². The number of carbonyl (C=O) groups is 1. The molecule has 0 heterocycles. The predicted octanol–water partition coefficient (Wildman–Crippen LogP) is 3.19. The number of ether oxygens (including phenoxy) is 1. The lowest BCUT2D eigenvalue weighted by Crippen LogP contribution is -2.29. The van der Waals surface area contributed by atoms with Gasteiger partial charge in [0.05, 0.1) is 11.3 Å². The van der Waals surface area contributed by atoms with Gasteiger partial charge in [-0.05, 0) is 29.8 Å². The van der Waals surface area contributed by atoms with Gasteiger partial charge in [0.1, 0.15) is 12.4 Å². The summed E-state index contributed by atoms with van der Waals surface area (Å²) in [4.78, 5) is 12.3. The van der Waals surface area contributed by atoms with Crippen LogP contribution in [0.25, 0.3) is 0 Å². The molecule has 0 aliphatic carbocycles. The molecule has 0 radical (unpaired) electrons. The summed E-state index contributed by atoms with van der Waals surface area (Å²) < 4.78 is 29.7. The fourth-order valence-corrected chi connectivity index (χ4v) is 3.28. The molecular weight excluding hydrogens is 406 g/mol. The molecule has 0 bridgehead atoms. The molecule has 0 saturated heterocycles.